The Morgan fingerprint density at radius 1 is 1.46 bits per heavy atom. The van der Waals surface area contributed by atoms with Crippen molar-refractivity contribution in [2.75, 3.05) is 13.2 Å². The van der Waals surface area contributed by atoms with E-state index in [0.717, 1.165) is 0 Å². The van der Waals surface area contributed by atoms with Crippen LogP contribution in [-0.4, -0.2) is 68.8 Å². The van der Waals surface area contributed by atoms with Gasteiger partial charge in [0.05, 0.1) is 30.8 Å². The molecule has 0 aromatic carbocycles. The number of nitrogens with zero attached hydrogens (tertiary/aromatic N) is 5. The summed E-state index contributed by atoms with van der Waals surface area (Å²) in [7, 11) is -3.18. The number of aryl methyl sites for hydroxylation is 1. The van der Waals surface area contributed by atoms with Gasteiger partial charge in [0.15, 0.2) is 6.10 Å². The van der Waals surface area contributed by atoms with E-state index in [1.165, 1.54) is 11.1 Å². The van der Waals surface area contributed by atoms with Crippen molar-refractivity contribution in [2.24, 2.45) is 18.1 Å². The van der Waals surface area contributed by atoms with Crippen LogP contribution in [0.5, 0.6) is 0 Å². The zero-order valence-corrected chi connectivity index (χ0v) is 14.7. The Kier molecular flexibility index (Phi) is 3.73. The molecule has 2 N–H and O–H groups in total. The number of oxime groups is 1. The first-order valence-corrected chi connectivity index (χ1v) is 9.22. The molecule has 0 radical (unpaired) electrons. The predicted octanol–water partition coefficient (Wildman–Crippen LogP) is -0.629. The Balaban J connectivity index is 1.79. The van der Waals surface area contributed by atoms with E-state index < -0.39 is 34.6 Å². The fourth-order valence-corrected chi connectivity index (χ4v) is 4.08. The topological polar surface area (TPSA) is 147 Å². The summed E-state index contributed by atoms with van der Waals surface area (Å²) in [6, 6.07) is -2.12. The molecule has 3 aliphatic heterocycles. The van der Waals surface area contributed by atoms with Crippen molar-refractivity contribution < 1.29 is 32.0 Å². The molecule has 0 aliphatic carbocycles. The van der Waals surface area contributed by atoms with E-state index in [9.17, 15) is 18.3 Å². The maximum atomic E-state index is 12.7. The standard InChI is InChI=1S/C13H17N5O7S/c1-6-9(5-19)24-15-10(6)12-11-7(3-14-16(11)2)8-4-17(12)13(20)18(8)25-26(21,22)23/h3,6,8-9,12,19H,4-5H2,1-2H3,(H,21,22,23). The molecule has 0 spiro atoms. The van der Waals surface area contributed by atoms with Gasteiger partial charge >= 0.3 is 16.4 Å². The highest BCUT2D eigenvalue weighted by Gasteiger charge is 2.54. The molecule has 4 rings (SSSR count). The van der Waals surface area contributed by atoms with Gasteiger partial charge in [0.1, 0.15) is 12.1 Å². The summed E-state index contributed by atoms with van der Waals surface area (Å²) >= 11 is 0. The number of hydrogen-bond acceptors (Lipinski definition) is 8. The molecule has 3 aliphatic rings. The minimum Gasteiger partial charge on any atom is -0.392 e. The molecular formula is C13H17N5O7S. The van der Waals surface area contributed by atoms with Gasteiger partial charge in [-0.15, -0.1) is 4.28 Å². The number of hydroxylamine groups is 2. The largest absolute Gasteiger partial charge is 0.418 e. The van der Waals surface area contributed by atoms with Gasteiger partial charge < -0.3 is 14.8 Å². The number of aromatic nitrogens is 2. The third-order valence-electron chi connectivity index (χ3n) is 4.98. The highest BCUT2D eigenvalue weighted by atomic mass is 32.3. The van der Waals surface area contributed by atoms with Gasteiger partial charge in [-0.2, -0.15) is 18.6 Å². The third-order valence-corrected chi connectivity index (χ3v) is 5.33. The molecule has 4 atom stereocenters. The zero-order valence-electron chi connectivity index (χ0n) is 13.9. The summed E-state index contributed by atoms with van der Waals surface area (Å²) in [5, 5.41) is 18.3. The van der Waals surface area contributed by atoms with Gasteiger partial charge in [0, 0.05) is 18.5 Å². The van der Waals surface area contributed by atoms with Crippen molar-refractivity contribution in [3.63, 3.8) is 0 Å². The van der Waals surface area contributed by atoms with Crippen LogP contribution in [0.3, 0.4) is 0 Å². The second kappa shape index (κ2) is 5.64. The molecule has 13 heteroatoms. The smallest absolute Gasteiger partial charge is 0.392 e. The lowest BCUT2D eigenvalue weighted by Gasteiger charge is -2.32. The summed E-state index contributed by atoms with van der Waals surface area (Å²) in [4.78, 5) is 19.4. The molecule has 2 amide bonds. The number of aliphatic hydroxyl groups excluding tert-OH is 1. The van der Waals surface area contributed by atoms with Crippen LogP contribution >= 0.6 is 0 Å². The molecule has 2 bridgehead atoms. The second-order valence-corrected chi connectivity index (χ2v) is 7.43. The number of urea groups is 1. The van der Waals surface area contributed by atoms with E-state index >= 15 is 0 Å². The van der Waals surface area contributed by atoms with E-state index in [-0.39, 0.29) is 19.1 Å². The molecule has 1 aromatic heterocycles. The van der Waals surface area contributed by atoms with Crippen LogP contribution in [0.4, 0.5) is 4.79 Å². The van der Waals surface area contributed by atoms with Crippen LogP contribution in [0.1, 0.15) is 30.3 Å². The Bertz CT molecular complexity index is 897. The first-order valence-electron chi connectivity index (χ1n) is 7.86. The average molecular weight is 387 g/mol. The van der Waals surface area contributed by atoms with Gasteiger partial charge in [-0.1, -0.05) is 12.1 Å². The van der Waals surface area contributed by atoms with Crippen LogP contribution in [0, 0.1) is 5.92 Å². The quantitative estimate of drug-likeness (QED) is 0.649. The van der Waals surface area contributed by atoms with E-state index in [1.54, 1.807) is 11.7 Å². The van der Waals surface area contributed by atoms with E-state index in [4.69, 9.17) is 9.39 Å². The predicted molar refractivity (Wildman–Crippen MR) is 83.8 cm³/mol. The first kappa shape index (κ1) is 17.2. The van der Waals surface area contributed by atoms with Crippen LogP contribution in [0.15, 0.2) is 11.4 Å². The minimum absolute atomic E-state index is 0.132. The van der Waals surface area contributed by atoms with Gasteiger partial charge in [-0.05, 0) is 0 Å². The zero-order chi connectivity index (χ0) is 18.8. The fraction of sp³-hybridized carbons (Fsp3) is 0.615. The van der Waals surface area contributed by atoms with Crippen molar-refractivity contribution in [3.8, 4) is 0 Å². The molecule has 0 saturated carbocycles. The number of fused-ring (bicyclic) bond motifs is 4. The maximum Gasteiger partial charge on any atom is 0.418 e. The van der Waals surface area contributed by atoms with E-state index in [2.05, 4.69) is 14.5 Å². The summed E-state index contributed by atoms with van der Waals surface area (Å²) in [5.41, 5.74) is 1.75. The molecule has 4 heterocycles. The van der Waals surface area contributed by atoms with Crippen molar-refractivity contribution in [3.05, 3.63) is 17.5 Å². The minimum atomic E-state index is -4.87. The van der Waals surface area contributed by atoms with Crippen molar-refractivity contribution in [1.82, 2.24) is 19.7 Å². The molecule has 1 fully saturated rings. The van der Waals surface area contributed by atoms with E-state index in [0.29, 0.717) is 22.0 Å². The van der Waals surface area contributed by atoms with Gasteiger partial charge in [0.25, 0.3) is 0 Å². The number of aliphatic hydroxyl groups is 1. The van der Waals surface area contributed by atoms with Crippen LogP contribution in [0.2, 0.25) is 0 Å². The molecule has 1 aromatic rings. The number of hydrogen-bond donors (Lipinski definition) is 2. The van der Waals surface area contributed by atoms with Crippen molar-refractivity contribution in [2.45, 2.75) is 25.1 Å². The molecule has 4 unspecified atom stereocenters. The Labute approximate surface area is 148 Å². The summed E-state index contributed by atoms with van der Waals surface area (Å²) < 4.78 is 37.3. The van der Waals surface area contributed by atoms with Crippen molar-refractivity contribution >= 4 is 22.1 Å². The lowest BCUT2D eigenvalue weighted by Crippen LogP contribution is -2.42. The van der Waals surface area contributed by atoms with Crippen molar-refractivity contribution in [1.29, 1.82) is 0 Å². The number of carbonyl (C=O) groups is 1. The molecule has 12 nitrogen and oxygen atoms in total. The molecule has 142 valence electrons. The lowest BCUT2D eigenvalue weighted by atomic mass is 9.87. The highest BCUT2D eigenvalue weighted by molar-refractivity contribution is 7.80. The van der Waals surface area contributed by atoms with Crippen LogP contribution < -0.4 is 0 Å². The highest BCUT2D eigenvalue weighted by Crippen LogP contribution is 2.46. The van der Waals surface area contributed by atoms with E-state index in [1.807, 2.05) is 6.92 Å². The first-order chi connectivity index (χ1) is 12.2. The Morgan fingerprint density at radius 3 is 2.81 bits per heavy atom. The second-order valence-electron chi connectivity index (χ2n) is 6.42. The monoisotopic (exact) mass is 387 g/mol. The fourth-order valence-electron chi connectivity index (χ4n) is 3.71. The lowest BCUT2D eigenvalue weighted by molar-refractivity contribution is -0.0316. The van der Waals surface area contributed by atoms with Gasteiger partial charge in [-0.25, -0.2) is 4.79 Å². The average Bonchev–Trinajstić information content (AvgIpc) is 3.20. The van der Waals surface area contributed by atoms with Gasteiger partial charge in [0.2, 0.25) is 0 Å². The summed E-state index contributed by atoms with van der Waals surface area (Å²) in [6.07, 6.45) is 0.996. The molecule has 26 heavy (non-hydrogen) atoms. The summed E-state index contributed by atoms with van der Waals surface area (Å²) in [6.45, 7) is 1.72. The molecular weight excluding hydrogens is 370 g/mol. The maximum absolute atomic E-state index is 12.7. The normalized spacial score (nSPS) is 30.5. The number of rotatable bonds is 4. The summed E-state index contributed by atoms with van der Waals surface area (Å²) in [5.74, 6) is -0.270. The number of amides is 2. The van der Waals surface area contributed by atoms with Crippen LogP contribution in [0.25, 0.3) is 0 Å². The third kappa shape index (κ3) is 2.39. The Hall–Kier alpha value is -2.22. The SMILES string of the molecule is CC1C(C2c3c(cnn3C)C3CN2C(=O)N3OS(=O)(=O)O)=NOC1CO. The Morgan fingerprint density at radius 2 is 2.19 bits per heavy atom. The number of carbonyl (C=O) groups excluding carboxylic acids is 1. The van der Waals surface area contributed by atoms with Crippen LogP contribution in [-0.2, 0) is 26.6 Å². The molecule has 1 saturated heterocycles. The van der Waals surface area contributed by atoms with Gasteiger partial charge in [-0.3, -0.25) is 9.23 Å².